The molecule has 0 saturated heterocycles. The van der Waals surface area contributed by atoms with Crippen LogP contribution in [0, 0.1) is 5.92 Å². The Morgan fingerprint density at radius 1 is 0.967 bits per heavy atom. The number of amides is 2. The highest BCUT2D eigenvalue weighted by Crippen LogP contribution is 2.41. The van der Waals surface area contributed by atoms with E-state index in [4.69, 9.17) is 0 Å². The first kappa shape index (κ1) is 18.8. The average Bonchev–Trinajstić information content (AvgIpc) is 3.41. The Morgan fingerprint density at radius 2 is 1.77 bits per heavy atom. The Hall–Kier alpha value is -3.22. The first-order valence-corrected chi connectivity index (χ1v) is 10.6. The molecule has 30 heavy (non-hydrogen) atoms. The van der Waals surface area contributed by atoms with Crippen molar-refractivity contribution in [1.29, 1.82) is 0 Å². The summed E-state index contributed by atoms with van der Waals surface area (Å²) in [6.07, 6.45) is 7.42. The Morgan fingerprint density at radius 3 is 2.57 bits per heavy atom. The van der Waals surface area contributed by atoms with Crippen LogP contribution in [0.1, 0.15) is 54.1 Å². The largest absolute Gasteiger partial charge is 0.352 e. The molecule has 2 amide bonds. The predicted molar refractivity (Wildman–Crippen MR) is 112 cm³/mol. The second-order valence-electron chi connectivity index (χ2n) is 8.33. The standard InChI is InChI=1S/C23H25N5O2/c29-22(27-19-13-18(19)15-5-2-1-3-6-15)16-8-10-17(11-9-16)26-23(30)20-14-24-21-7-4-12-25-28(20)21/h1-7,12,14,16-19H,8-11,13H2,(H,26,30)(H,27,29)/t16?,17?,18-,19+/m0/s1. The summed E-state index contributed by atoms with van der Waals surface area (Å²) in [4.78, 5) is 29.5. The molecule has 2 saturated carbocycles. The second-order valence-corrected chi connectivity index (χ2v) is 8.33. The maximum absolute atomic E-state index is 12.7. The molecule has 2 aliphatic rings. The summed E-state index contributed by atoms with van der Waals surface area (Å²) in [7, 11) is 0. The van der Waals surface area contributed by atoms with Gasteiger partial charge >= 0.3 is 0 Å². The zero-order chi connectivity index (χ0) is 20.5. The minimum atomic E-state index is -0.169. The lowest BCUT2D eigenvalue weighted by atomic mass is 9.85. The van der Waals surface area contributed by atoms with Gasteiger partial charge in [-0.05, 0) is 49.8 Å². The van der Waals surface area contributed by atoms with E-state index in [0.717, 1.165) is 32.1 Å². The van der Waals surface area contributed by atoms with Crippen molar-refractivity contribution in [2.24, 2.45) is 5.92 Å². The van der Waals surface area contributed by atoms with Crippen LogP contribution in [0.3, 0.4) is 0 Å². The highest BCUT2D eigenvalue weighted by Gasteiger charge is 2.40. The molecule has 0 bridgehead atoms. The van der Waals surface area contributed by atoms with Crippen LogP contribution in [0.25, 0.3) is 5.65 Å². The molecule has 2 aromatic heterocycles. The van der Waals surface area contributed by atoms with Crippen molar-refractivity contribution in [2.45, 2.75) is 50.1 Å². The number of aromatic nitrogens is 3. The van der Waals surface area contributed by atoms with Gasteiger partial charge in [-0.15, -0.1) is 0 Å². The average molecular weight is 403 g/mol. The van der Waals surface area contributed by atoms with Crippen molar-refractivity contribution in [2.75, 3.05) is 0 Å². The van der Waals surface area contributed by atoms with E-state index in [2.05, 4.69) is 32.8 Å². The molecule has 1 aromatic carbocycles. The maximum atomic E-state index is 12.7. The third-order valence-corrected chi connectivity index (χ3v) is 6.29. The van der Waals surface area contributed by atoms with Crippen LogP contribution in [0.5, 0.6) is 0 Å². The van der Waals surface area contributed by atoms with Crippen LogP contribution in [-0.2, 0) is 4.79 Å². The number of hydrogen-bond donors (Lipinski definition) is 2. The molecule has 0 radical (unpaired) electrons. The molecule has 2 N–H and O–H groups in total. The number of imidazole rings is 1. The predicted octanol–water partition coefficient (Wildman–Crippen LogP) is 2.69. The van der Waals surface area contributed by atoms with E-state index < -0.39 is 0 Å². The molecule has 2 fully saturated rings. The molecule has 7 nitrogen and oxygen atoms in total. The number of rotatable bonds is 5. The van der Waals surface area contributed by atoms with Gasteiger partial charge in [0.1, 0.15) is 5.69 Å². The quantitative estimate of drug-likeness (QED) is 0.686. The number of fused-ring (bicyclic) bond motifs is 1. The lowest BCUT2D eigenvalue weighted by Crippen LogP contribution is -2.41. The third-order valence-electron chi connectivity index (χ3n) is 6.29. The van der Waals surface area contributed by atoms with Gasteiger partial charge in [-0.25, -0.2) is 9.50 Å². The maximum Gasteiger partial charge on any atom is 0.271 e. The first-order chi connectivity index (χ1) is 14.7. The van der Waals surface area contributed by atoms with Crippen molar-refractivity contribution in [3.63, 3.8) is 0 Å². The van der Waals surface area contributed by atoms with Gasteiger partial charge in [0.2, 0.25) is 5.91 Å². The number of nitrogens with zero attached hydrogens (tertiary/aromatic N) is 3. The molecule has 154 valence electrons. The van der Waals surface area contributed by atoms with Gasteiger partial charge in [-0.3, -0.25) is 9.59 Å². The SMILES string of the molecule is O=C(NC1CCC(C(=O)N[C@@H]2C[C@H]2c2ccccc2)CC1)c1cnc2cccnn12. The highest BCUT2D eigenvalue weighted by molar-refractivity contribution is 5.93. The number of carbonyl (C=O) groups excluding carboxylic acids is 2. The zero-order valence-electron chi connectivity index (χ0n) is 16.7. The van der Waals surface area contributed by atoms with Gasteiger partial charge in [0.15, 0.2) is 5.65 Å². The molecule has 2 aliphatic carbocycles. The topological polar surface area (TPSA) is 88.4 Å². The van der Waals surface area contributed by atoms with E-state index in [9.17, 15) is 9.59 Å². The fourth-order valence-electron chi connectivity index (χ4n) is 4.47. The summed E-state index contributed by atoms with van der Waals surface area (Å²) < 4.78 is 1.55. The molecule has 0 aliphatic heterocycles. The Kier molecular flexibility index (Phi) is 4.94. The van der Waals surface area contributed by atoms with E-state index in [1.54, 1.807) is 23.0 Å². The lowest BCUT2D eigenvalue weighted by Gasteiger charge is -2.28. The van der Waals surface area contributed by atoms with Crippen molar-refractivity contribution in [1.82, 2.24) is 25.2 Å². The van der Waals surface area contributed by atoms with E-state index in [-0.39, 0.29) is 29.8 Å². The highest BCUT2D eigenvalue weighted by atomic mass is 16.2. The Labute approximate surface area is 174 Å². The fraction of sp³-hybridized carbons (Fsp3) is 0.391. The monoisotopic (exact) mass is 403 g/mol. The van der Waals surface area contributed by atoms with Crippen LogP contribution >= 0.6 is 0 Å². The summed E-state index contributed by atoms with van der Waals surface area (Å²) in [5, 5.41) is 10.5. The lowest BCUT2D eigenvalue weighted by molar-refractivity contribution is -0.126. The molecular weight excluding hydrogens is 378 g/mol. The molecule has 3 aromatic rings. The number of benzene rings is 1. The molecule has 2 atom stereocenters. The molecule has 2 heterocycles. The van der Waals surface area contributed by atoms with Gasteiger partial charge < -0.3 is 10.6 Å². The van der Waals surface area contributed by atoms with Gasteiger partial charge in [0, 0.05) is 30.1 Å². The zero-order valence-corrected chi connectivity index (χ0v) is 16.7. The summed E-state index contributed by atoms with van der Waals surface area (Å²) in [6.45, 7) is 0. The van der Waals surface area contributed by atoms with Crippen molar-refractivity contribution < 1.29 is 9.59 Å². The van der Waals surface area contributed by atoms with Gasteiger partial charge in [0.05, 0.1) is 6.20 Å². The first-order valence-electron chi connectivity index (χ1n) is 10.6. The number of carbonyl (C=O) groups is 2. The number of hydrogen-bond acceptors (Lipinski definition) is 4. The van der Waals surface area contributed by atoms with E-state index in [1.165, 1.54) is 5.56 Å². The van der Waals surface area contributed by atoms with E-state index >= 15 is 0 Å². The third kappa shape index (κ3) is 3.79. The van der Waals surface area contributed by atoms with Gasteiger partial charge in [-0.1, -0.05) is 30.3 Å². The minimum Gasteiger partial charge on any atom is -0.352 e. The fourth-order valence-corrected chi connectivity index (χ4v) is 4.47. The molecule has 0 spiro atoms. The van der Waals surface area contributed by atoms with Crippen LogP contribution in [0.2, 0.25) is 0 Å². The molecule has 0 unspecified atom stereocenters. The van der Waals surface area contributed by atoms with Crippen LogP contribution in [0.4, 0.5) is 0 Å². The van der Waals surface area contributed by atoms with Crippen LogP contribution < -0.4 is 10.6 Å². The summed E-state index contributed by atoms with van der Waals surface area (Å²) in [6, 6.07) is 14.3. The van der Waals surface area contributed by atoms with Crippen molar-refractivity contribution >= 4 is 17.5 Å². The molecule has 5 rings (SSSR count). The van der Waals surface area contributed by atoms with E-state index in [1.807, 2.05) is 24.3 Å². The van der Waals surface area contributed by atoms with Crippen LogP contribution in [0.15, 0.2) is 54.9 Å². The summed E-state index contributed by atoms with van der Waals surface area (Å²) in [5.74, 6) is 0.476. The van der Waals surface area contributed by atoms with Crippen molar-refractivity contribution in [3.8, 4) is 0 Å². The smallest absolute Gasteiger partial charge is 0.271 e. The summed E-state index contributed by atoms with van der Waals surface area (Å²) >= 11 is 0. The van der Waals surface area contributed by atoms with E-state index in [0.29, 0.717) is 17.3 Å². The number of nitrogens with one attached hydrogen (secondary N) is 2. The van der Waals surface area contributed by atoms with Crippen LogP contribution in [-0.4, -0.2) is 38.5 Å². The Bertz CT molecular complexity index is 1060. The van der Waals surface area contributed by atoms with Gasteiger partial charge in [-0.2, -0.15) is 5.10 Å². The molecule has 7 heteroatoms. The minimum absolute atomic E-state index is 0.0349. The molecular formula is C23H25N5O2. The summed E-state index contributed by atoms with van der Waals surface area (Å²) in [5.41, 5.74) is 2.39. The Balaban J connectivity index is 1.11. The second kappa shape index (κ2) is 7.89. The van der Waals surface area contributed by atoms with Gasteiger partial charge in [0.25, 0.3) is 5.91 Å². The normalized spacial score (nSPS) is 25.6. The van der Waals surface area contributed by atoms with Crippen molar-refractivity contribution in [3.05, 3.63) is 66.1 Å².